The Morgan fingerprint density at radius 3 is 2.33 bits per heavy atom. The van der Waals surface area contributed by atoms with E-state index in [0.29, 0.717) is 0 Å². The van der Waals surface area contributed by atoms with E-state index in [-0.39, 0.29) is 0 Å². The number of rotatable bonds is 3. The summed E-state index contributed by atoms with van der Waals surface area (Å²) in [5.41, 5.74) is 0. The molecule has 0 saturated heterocycles. The second kappa shape index (κ2) is 5.65. The molecule has 0 aliphatic rings. The molecule has 0 fully saturated rings. The first-order valence-electron chi connectivity index (χ1n) is 1.90. The lowest BCUT2D eigenvalue weighted by molar-refractivity contribution is 0.786. The summed E-state index contributed by atoms with van der Waals surface area (Å²) in [5.74, 6) is 0. The van der Waals surface area contributed by atoms with Crippen LogP contribution < -0.4 is 8.85 Å². The van der Waals surface area contributed by atoms with Gasteiger partial charge in [-0.05, 0) is 7.05 Å². The lowest BCUT2D eigenvalue weighted by Crippen LogP contribution is -2.17. The third-order valence-corrected chi connectivity index (χ3v) is 1.01. The zero-order chi connectivity index (χ0) is 4.83. The Balaban J connectivity index is 2.34. The van der Waals surface area contributed by atoms with E-state index in [1.807, 2.05) is 7.05 Å². The van der Waals surface area contributed by atoms with Crippen LogP contribution in [0.5, 0.6) is 0 Å². The first-order valence-corrected chi connectivity index (χ1v) is 2.97. The average Bonchev–Trinajstić information content (AvgIpc) is 1.61. The molecule has 0 bridgehead atoms. The Morgan fingerprint density at radius 2 is 2.17 bits per heavy atom. The largest absolute Gasteiger partial charge is 0.318 e. The molecule has 0 heterocycles. The molecule has 0 aromatic rings. The number of hydrogen-bond donors (Lipinski definition) is 2. The van der Waals surface area contributed by atoms with Gasteiger partial charge in [-0.3, -0.25) is 3.53 Å². The fourth-order valence-electron chi connectivity index (χ4n) is 0.172. The first kappa shape index (κ1) is 6.65. The molecule has 0 rings (SSSR count). The highest BCUT2D eigenvalue weighted by atomic mass is 127. The molecule has 0 unspecified atom stereocenters. The quantitative estimate of drug-likeness (QED) is 0.385. The van der Waals surface area contributed by atoms with Crippen LogP contribution in [0.15, 0.2) is 0 Å². The minimum atomic E-state index is 1.04. The molecule has 0 aromatic heterocycles. The molecule has 0 amide bonds. The summed E-state index contributed by atoms with van der Waals surface area (Å²) < 4.78 is 2.98. The van der Waals surface area contributed by atoms with Gasteiger partial charge in [0.1, 0.15) is 0 Å². The third kappa shape index (κ3) is 4.65. The van der Waals surface area contributed by atoms with Gasteiger partial charge in [-0.25, -0.2) is 0 Å². The van der Waals surface area contributed by atoms with Crippen molar-refractivity contribution in [3.63, 3.8) is 0 Å². The second-order valence-corrected chi connectivity index (χ2v) is 1.75. The normalized spacial score (nSPS) is 9.00. The van der Waals surface area contributed by atoms with Crippen LogP contribution in [-0.4, -0.2) is 20.1 Å². The molecule has 0 saturated carbocycles. The summed E-state index contributed by atoms with van der Waals surface area (Å²) >= 11 is 2.12. The van der Waals surface area contributed by atoms with E-state index in [4.69, 9.17) is 0 Å². The van der Waals surface area contributed by atoms with Crippen LogP contribution in [0.2, 0.25) is 0 Å². The Bertz CT molecular complexity index is 20.8. The predicted octanol–water partition coefficient (Wildman–Crippen LogP) is 0.145. The zero-order valence-corrected chi connectivity index (χ0v) is 5.95. The second-order valence-electron chi connectivity index (χ2n) is 0.987. The molecule has 3 heteroatoms. The Morgan fingerprint density at radius 1 is 1.50 bits per heavy atom. The Kier molecular flexibility index (Phi) is 6.26. The van der Waals surface area contributed by atoms with Gasteiger partial charge >= 0.3 is 0 Å². The molecule has 0 aliphatic heterocycles. The summed E-state index contributed by atoms with van der Waals surface area (Å²) in [5, 5.41) is 3.00. The van der Waals surface area contributed by atoms with Crippen molar-refractivity contribution in [2.24, 2.45) is 0 Å². The number of halogens is 1. The van der Waals surface area contributed by atoms with Crippen LogP contribution in [0, 0.1) is 0 Å². The predicted molar refractivity (Wildman–Crippen MR) is 35.9 cm³/mol. The lowest BCUT2D eigenvalue weighted by Gasteiger charge is -1.90. The van der Waals surface area contributed by atoms with Crippen molar-refractivity contribution in [3.05, 3.63) is 0 Å². The van der Waals surface area contributed by atoms with Gasteiger partial charge in [0, 0.05) is 36.0 Å². The fourth-order valence-corrected chi connectivity index (χ4v) is 0.442. The van der Waals surface area contributed by atoms with Crippen LogP contribution in [0.1, 0.15) is 0 Å². The van der Waals surface area contributed by atoms with Crippen LogP contribution in [0.3, 0.4) is 0 Å². The third-order valence-electron chi connectivity index (χ3n) is 0.469. The first-order chi connectivity index (χ1) is 2.91. The van der Waals surface area contributed by atoms with Crippen LogP contribution >= 0.6 is 22.9 Å². The maximum absolute atomic E-state index is 3.00. The van der Waals surface area contributed by atoms with E-state index in [9.17, 15) is 0 Å². The Labute approximate surface area is 52.2 Å². The summed E-state index contributed by atoms with van der Waals surface area (Å²) in [4.78, 5) is 0. The number of hydrogen-bond acceptors (Lipinski definition) is 2. The number of likely N-dealkylation sites (N-methyl/N-ethyl adjacent to an activating group) is 1. The van der Waals surface area contributed by atoms with Crippen molar-refractivity contribution in [1.82, 2.24) is 8.85 Å². The highest BCUT2D eigenvalue weighted by Gasteiger charge is 1.72. The molecular weight excluding hydrogens is 191 g/mol. The molecule has 0 radical (unpaired) electrons. The molecule has 2 nitrogen and oxygen atoms in total. The van der Waals surface area contributed by atoms with Crippen molar-refractivity contribution in [3.8, 4) is 0 Å². The van der Waals surface area contributed by atoms with Gasteiger partial charge in [0.25, 0.3) is 0 Å². The molecule has 0 atom stereocenters. The molecule has 0 aliphatic carbocycles. The van der Waals surface area contributed by atoms with E-state index < -0.39 is 0 Å². The fraction of sp³-hybridized carbons (Fsp3) is 1.00. The topological polar surface area (TPSA) is 24.1 Å². The van der Waals surface area contributed by atoms with Gasteiger partial charge in [0.15, 0.2) is 0 Å². The zero-order valence-electron chi connectivity index (χ0n) is 3.79. The van der Waals surface area contributed by atoms with Crippen molar-refractivity contribution >= 4 is 22.9 Å². The highest BCUT2D eigenvalue weighted by molar-refractivity contribution is 14.1. The monoisotopic (exact) mass is 200 g/mol. The standard InChI is InChI=1S/C3H9IN2/c1-5-2-3-6-4/h5-6H,2-3H2,1H3. The van der Waals surface area contributed by atoms with Crippen LogP contribution in [0.25, 0.3) is 0 Å². The summed E-state index contributed by atoms with van der Waals surface area (Å²) in [6, 6.07) is 0. The minimum Gasteiger partial charge on any atom is -0.318 e. The average molecular weight is 200 g/mol. The van der Waals surface area contributed by atoms with E-state index in [1.54, 1.807) is 0 Å². The minimum absolute atomic E-state index is 1.04. The highest BCUT2D eigenvalue weighted by Crippen LogP contribution is 1.62. The van der Waals surface area contributed by atoms with E-state index in [1.165, 1.54) is 0 Å². The van der Waals surface area contributed by atoms with Gasteiger partial charge in [0.2, 0.25) is 0 Å². The molecule has 0 spiro atoms. The van der Waals surface area contributed by atoms with Crippen molar-refractivity contribution < 1.29 is 0 Å². The smallest absolute Gasteiger partial charge is 0.0175 e. The summed E-state index contributed by atoms with van der Waals surface area (Å²) in [6.45, 7) is 2.08. The van der Waals surface area contributed by atoms with Gasteiger partial charge in [-0.1, -0.05) is 0 Å². The van der Waals surface area contributed by atoms with Crippen molar-refractivity contribution in [1.29, 1.82) is 0 Å². The van der Waals surface area contributed by atoms with Gasteiger partial charge in [-0.2, -0.15) is 0 Å². The number of nitrogens with one attached hydrogen (secondary N) is 2. The SMILES string of the molecule is CNCCNI. The molecule has 6 heavy (non-hydrogen) atoms. The van der Waals surface area contributed by atoms with Crippen LogP contribution in [-0.2, 0) is 0 Å². The Hall–Kier alpha value is 0.650. The van der Waals surface area contributed by atoms with Crippen LogP contribution in [0.4, 0.5) is 0 Å². The van der Waals surface area contributed by atoms with Gasteiger partial charge in [0.05, 0.1) is 0 Å². The van der Waals surface area contributed by atoms with Crippen molar-refractivity contribution in [2.75, 3.05) is 20.1 Å². The molecule has 0 aromatic carbocycles. The van der Waals surface area contributed by atoms with Crippen molar-refractivity contribution in [2.45, 2.75) is 0 Å². The van der Waals surface area contributed by atoms with E-state index >= 15 is 0 Å². The maximum atomic E-state index is 3.00. The summed E-state index contributed by atoms with van der Waals surface area (Å²) in [6.07, 6.45) is 0. The molecular formula is C3H9IN2. The molecule has 38 valence electrons. The van der Waals surface area contributed by atoms with E-state index in [2.05, 4.69) is 31.7 Å². The lowest BCUT2D eigenvalue weighted by atomic mass is 10.7. The van der Waals surface area contributed by atoms with E-state index in [0.717, 1.165) is 13.1 Å². The molecule has 2 N–H and O–H groups in total. The van der Waals surface area contributed by atoms with Gasteiger partial charge < -0.3 is 5.32 Å². The maximum Gasteiger partial charge on any atom is 0.0175 e. The van der Waals surface area contributed by atoms with Gasteiger partial charge in [-0.15, -0.1) is 0 Å². The summed E-state index contributed by atoms with van der Waals surface area (Å²) in [7, 11) is 1.94.